The fraction of sp³-hybridized carbons (Fsp3) is 0.500. The first-order valence-corrected chi connectivity index (χ1v) is 8.26. The lowest BCUT2D eigenvalue weighted by molar-refractivity contribution is -0.137. The minimum atomic E-state index is -0.794. The number of hydrogen-bond acceptors (Lipinski definition) is 3. The molecule has 1 saturated heterocycles. The average Bonchev–Trinajstić information content (AvgIpc) is 2.54. The number of amides is 2. The van der Waals surface area contributed by atoms with E-state index in [1.807, 2.05) is 13.0 Å². The van der Waals surface area contributed by atoms with E-state index in [1.165, 1.54) is 6.92 Å². The molecule has 0 spiro atoms. The van der Waals surface area contributed by atoms with Crippen LogP contribution in [-0.2, 0) is 9.59 Å². The maximum absolute atomic E-state index is 12.8. The highest BCUT2D eigenvalue weighted by Crippen LogP contribution is 2.24. The third-order valence-corrected chi connectivity index (χ3v) is 4.36. The summed E-state index contributed by atoms with van der Waals surface area (Å²) < 4.78 is 0. The van der Waals surface area contributed by atoms with Gasteiger partial charge in [-0.25, -0.2) is 0 Å². The molecule has 2 rings (SSSR count). The largest absolute Gasteiger partial charge is 0.481 e. The molecule has 1 fully saturated rings. The molecular weight excluding hydrogens is 308 g/mol. The molecule has 1 atom stereocenters. The minimum absolute atomic E-state index is 0.0558. The molecule has 1 unspecified atom stereocenters. The number of likely N-dealkylation sites (tertiary alicyclic amines) is 1. The zero-order valence-electron chi connectivity index (χ0n) is 14.2. The maximum Gasteiger partial charge on any atom is 0.303 e. The first-order chi connectivity index (χ1) is 11.4. The van der Waals surface area contributed by atoms with Gasteiger partial charge in [0.05, 0.1) is 0 Å². The summed E-state index contributed by atoms with van der Waals surface area (Å²) >= 11 is 0. The number of anilines is 1. The van der Waals surface area contributed by atoms with E-state index in [-0.39, 0.29) is 24.2 Å². The monoisotopic (exact) mass is 332 g/mol. The van der Waals surface area contributed by atoms with Crippen molar-refractivity contribution in [3.05, 3.63) is 29.3 Å². The lowest BCUT2D eigenvalue weighted by atomic mass is 9.92. The van der Waals surface area contributed by atoms with Gasteiger partial charge in [0.1, 0.15) is 0 Å². The maximum atomic E-state index is 12.8. The number of carboxylic acids is 1. The molecule has 130 valence electrons. The van der Waals surface area contributed by atoms with Gasteiger partial charge in [-0.2, -0.15) is 0 Å². The van der Waals surface area contributed by atoms with Crippen molar-refractivity contribution in [2.45, 2.75) is 39.5 Å². The van der Waals surface area contributed by atoms with E-state index < -0.39 is 5.97 Å². The van der Waals surface area contributed by atoms with Crippen molar-refractivity contribution in [3.63, 3.8) is 0 Å². The first-order valence-electron chi connectivity index (χ1n) is 8.26. The van der Waals surface area contributed by atoms with Gasteiger partial charge in [-0.05, 0) is 49.8 Å². The van der Waals surface area contributed by atoms with Gasteiger partial charge in [-0.15, -0.1) is 0 Å². The highest BCUT2D eigenvalue weighted by Gasteiger charge is 2.25. The number of hydrogen-bond donors (Lipinski definition) is 2. The second-order valence-corrected chi connectivity index (χ2v) is 6.40. The molecule has 6 nitrogen and oxygen atoms in total. The zero-order valence-corrected chi connectivity index (χ0v) is 14.2. The average molecular weight is 332 g/mol. The number of carbonyl (C=O) groups excluding carboxylic acids is 2. The topological polar surface area (TPSA) is 86.7 Å². The van der Waals surface area contributed by atoms with Gasteiger partial charge in [0.2, 0.25) is 5.91 Å². The Morgan fingerprint density at radius 1 is 1.33 bits per heavy atom. The normalized spacial score (nSPS) is 17.4. The quantitative estimate of drug-likeness (QED) is 0.868. The second-order valence-electron chi connectivity index (χ2n) is 6.40. The van der Waals surface area contributed by atoms with E-state index in [9.17, 15) is 14.4 Å². The predicted molar refractivity (Wildman–Crippen MR) is 91.0 cm³/mol. The van der Waals surface area contributed by atoms with Gasteiger partial charge in [0.25, 0.3) is 5.91 Å². The van der Waals surface area contributed by atoms with Crippen LogP contribution in [0, 0.1) is 12.8 Å². The highest BCUT2D eigenvalue weighted by atomic mass is 16.4. The third kappa shape index (κ3) is 4.81. The zero-order chi connectivity index (χ0) is 17.7. The van der Waals surface area contributed by atoms with Crippen LogP contribution >= 0.6 is 0 Å². The predicted octanol–water partition coefficient (Wildman–Crippen LogP) is 2.67. The lowest BCUT2D eigenvalue weighted by Gasteiger charge is -2.33. The van der Waals surface area contributed by atoms with Crippen molar-refractivity contribution in [3.8, 4) is 0 Å². The Kier molecular flexibility index (Phi) is 5.95. The smallest absolute Gasteiger partial charge is 0.303 e. The van der Waals surface area contributed by atoms with Crippen molar-refractivity contribution < 1.29 is 19.5 Å². The molecule has 1 heterocycles. The number of nitrogens with one attached hydrogen (secondary N) is 1. The number of carboxylic acid groups (broad SMARTS) is 1. The first kappa shape index (κ1) is 18.0. The van der Waals surface area contributed by atoms with Gasteiger partial charge in [0.15, 0.2) is 0 Å². The summed E-state index contributed by atoms with van der Waals surface area (Å²) in [5.41, 5.74) is 2.05. The number of nitrogens with zero attached hydrogens (tertiary/aromatic N) is 1. The molecule has 2 amide bonds. The van der Waals surface area contributed by atoms with Crippen LogP contribution in [0.3, 0.4) is 0 Å². The molecular formula is C18H24N2O4. The molecule has 24 heavy (non-hydrogen) atoms. The molecule has 0 bridgehead atoms. The Hall–Kier alpha value is -2.37. The van der Waals surface area contributed by atoms with E-state index in [0.29, 0.717) is 30.8 Å². The molecule has 0 aliphatic carbocycles. The van der Waals surface area contributed by atoms with E-state index >= 15 is 0 Å². The van der Waals surface area contributed by atoms with Crippen LogP contribution < -0.4 is 5.32 Å². The van der Waals surface area contributed by atoms with E-state index in [1.54, 1.807) is 17.0 Å². The molecule has 0 radical (unpaired) electrons. The summed E-state index contributed by atoms with van der Waals surface area (Å²) in [4.78, 5) is 36.6. The molecule has 0 aromatic heterocycles. The van der Waals surface area contributed by atoms with Gasteiger partial charge < -0.3 is 15.3 Å². The van der Waals surface area contributed by atoms with Crippen LogP contribution in [-0.4, -0.2) is 40.9 Å². The molecule has 1 aromatic carbocycles. The Bertz CT molecular complexity index is 642. The summed E-state index contributed by atoms with van der Waals surface area (Å²) in [7, 11) is 0. The van der Waals surface area contributed by atoms with Crippen molar-refractivity contribution in [1.82, 2.24) is 4.90 Å². The fourth-order valence-corrected chi connectivity index (χ4v) is 3.12. The SMILES string of the molecule is CC(=O)Nc1ccc(C)c(C(=O)N2CCCC(CCC(=O)O)C2)c1. The Labute approximate surface area is 141 Å². The summed E-state index contributed by atoms with van der Waals surface area (Å²) in [6.07, 6.45) is 2.59. The van der Waals surface area contributed by atoms with Crippen LogP contribution in [0.2, 0.25) is 0 Å². The number of piperidine rings is 1. The Morgan fingerprint density at radius 3 is 2.75 bits per heavy atom. The van der Waals surface area contributed by atoms with Crippen LogP contribution in [0.1, 0.15) is 48.5 Å². The molecule has 1 aromatic rings. The summed E-state index contributed by atoms with van der Waals surface area (Å²) in [5.74, 6) is -0.793. The van der Waals surface area contributed by atoms with Crippen molar-refractivity contribution in [1.29, 1.82) is 0 Å². The number of aliphatic carboxylic acids is 1. The summed E-state index contributed by atoms with van der Waals surface area (Å²) in [6.45, 7) is 4.58. The number of carbonyl (C=O) groups is 3. The molecule has 1 aliphatic heterocycles. The molecule has 0 saturated carbocycles. The highest BCUT2D eigenvalue weighted by molar-refractivity contribution is 5.98. The third-order valence-electron chi connectivity index (χ3n) is 4.36. The van der Waals surface area contributed by atoms with Crippen LogP contribution in [0.4, 0.5) is 5.69 Å². The van der Waals surface area contributed by atoms with E-state index in [0.717, 1.165) is 18.4 Å². The van der Waals surface area contributed by atoms with Crippen molar-refractivity contribution >= 4 is 23.5 Å². The van der Waals surface area contributed by atoms with Crippen LogP contribution in [0.15, 0.2) is 18.2 Å². The lowest BCUT2D eigenvalue weighted by Crippen LogP contribution is -2.40. The fourth-order valence-electron chi connectivity index (χ4n) is 3.12. The molecule has 1 aliphatic rings. The van der Waals surface area contributed by atoms with E-state index in [4.69, 9.17) is 5.11 Å². The standard InChI is InChI=1S/C18H24N2O4/c1-12-5-7-15(19-13(2)21)10-16(12)18(24)20-9-3-4-14(11-20)6-8-17(22)23/h5,7,10,14H,3-4,6,8-9,11H2,1-2H3,(H,19,21)(H,22,23). The van der Waals surface area contributed by atoms with E-state index in [2.05, 4.69) is 5.32 Å². The van der Waals surface area contributed by atoms with Crippen molar-refractivity contribution in [2.24, 2.45) is 5.92 Å². The second kappa shape index (κ2) is 7.95. The Morgan fingerprint density at radius 2 is 2.08 bits per heavy atom. The number of rotatable bonds is 5. The van der Waals surface area contributed by atoms with Gasteiger partial charge in [-0.3, -0.25) is 14.4 Å². The minimum Gasteiger partial charge on any atom is -0.481 e. The van der Waals surface area contributed by atoms with Crippen molar-refractivity contribution in [2.75, 3.05) is 18.4 Å². The van der Waals surface area contributed by atoms with Gasteiger partial charge in [0, 0.05) is 37.7 Å². The number of aryl methyl sites for hydroxylation is 1. The van der Waals surface area contributed by atoms with Crippen LogP contribution in [0.5, 0.6) is 0 Å². The van der Waals surface area contributed by atoms with Gasteiger partial charge in [-0.1, -0.05) is 6.07 Å². The Balaban J connectivity index is 2.09. The summed E-state index contributed by atoms with van der Waals surface area (Å²) in [5, 5.41) is 11.5. The summed E-state index contributed by atoms with van der Waals surface area (Å²) in [6, 6.07) is 5.31. The number of benzene rings is 1. The molecule has 2 N–H and O–H groups in total. The van der Waals surface area contributed by atoms with Crippen LogP contribution in [0.25, 0.3) is 0 Å². The van der Waals surface area contributed by atoms with Gasteiger partial charge >= 0.3 is 5.97 Å². The molecule has 6 heteroatoms.